The Kier molecular flexibility index (Phi) is 4.84. The van der Waals surface area contributed by atoms with Gasteiger partial charge in [-0.15, -0.1) is 0 Å². The van der Waals surface area contributed by atoms with E-state index >= 15 is 0 Å². The maximum atomic E-state index is 12.3. The molecule has 1 unspecified atom stereocenters. The van der Waals surface area contributed by atoms with E-state index < -0.39 is 0 Å². The fourth-order valence-electron chi connectivity index (χ4n) is 2.72. The van der Waals surface area contributed by atoms with Crippen molar-refractivity contribution in [3.05, 3.63) is 42.0 Å². The Morgan fingerprint density at radius 3 is 2.43 bits per heavy atom. The van der Waals surface area contributed by atoms with Crippen LogP contribution in [0.25, 0.3) is 5.57 Å². The molecule has 1 aromatic rings. The monoisotopic (exact) mass is 287 g/mol. The van der Waals surface area contributed by atoms with Gasteiger partial charge in [0.15, 0.2) is 6.04 Å². The first kappa shape index (κ1) is 15.8. The summed E-state index contributed by atoms with van der Waals surface area (Å²) in [5, 5.41) is 3.08. The summed E-state index contributed by atoms with van der Waals surface area (Å²) < 4.78 is 0. The van der Waals surface area contributed by atoms with Gasteiger partial charge in [-0.2, -0.15) is 0 Å². The smallest absolute Gasteiger partial charge is 0.278 e. The number of quaternary nitrogens is 1. The van der Waals surface area contributed by atoms with Gasteiger partial charge in [0, 0.05) is 12.0 Å². The van der Waals surface area contributed by atoms with E-state index in [1.165, 1.54) is 16.0 Å². The number of benzene rings is 1. The Bertz CT molecular complexity index is 514. The van der Waals surface area contributed by atoms with Crippen LogP contribution in [0.2, 0.25) is 0 Å². The first-order valence-electron chi connectivity index (χ1n) is 7.78. The first-order chi connectivity index (χ1) is 9.87. The predicted molar refractivity (Wildman–Crippen MR) is 87.1 cm³/mol. The molecule has 0 aromatic heterocycles. The minimum Gasteiger partial charge on any atom is -0.346 e. The highest BCUT2D eigenvalue weighted by molar-refractivity contribution is 5.80. The third-order valence-corrected chi connectivity index (χ3v) is 3.97. The van der Waals surface area contributed by atoms with Gasteiger partial charge >= 0.3 is 0 Å². The van der Waals surface area contributed by atoms with Crippen LogP contribution in [0.15, 0.2) is 36.4 Å². The van der Waals surface area contributed by atoms with Gasteiger partial charge in [0.05, 0.1) is 13.1 Å². The second-order valence-corrected chi connectivity index (χ2v) is 6.92. The van der Waals surface area contributed by atoms with Crippen LogP contribution in [0.1, 0.15) is 39.7 Å². The molecule has 3 nitrogen and oxygen atoms in total. The van der Waals surface area contributed by atoms with Crippen molar-refractivity contribution in [3.8, 4) is 0 Å². The topological polar surface area (TPSA) is 33.5 Å². The van der Waals surface area contributed by atoms with Crippen LogP contribution in [-0.2, 0) is 4.79 Å². The molecule has 0 spiro atoms. The molecule has 1 aliphatic heterocycles. The lowest BCUT2D eigenvalue weighted by molar-refractivity contribution is -0.909. The summed E-state index contributed by atoms with van der Waals surface area (Å²) in [5.74, 6) is 0.147. The van der Waals surface area contributed by atoms with Crippen molar-refractivity contribution in [2.75, 3.05) is 13.1 Å². The molecular formula is C18H27N2O+. The number of nitrogens with one attached hydrogen (secondary N) is 2. The average molecular weight is 287 g/mol. The van der Waals surface area contributed by atoms with Gasteiger partial charge in [-0.3, -0.25) is 4.79 Å². The number of hydrogen-bond donors (Lipinski definition) is 2. The third-order valence-electron chi connectivity index (χ3n) is 3.97. The first-order valence-corrected chi connectivity index (χ1v) is 7.78. The maximum Gasteiger partial charge on any atom is 0.278 e. The normalized spacial score (nSPS) is 20.6. The summed E-state index contributed by atoms with van der Waals surface area (Å²) >= 11 is 0. The highest BCUT2D eigenvalue weighted by Gasteiger charge is 2.29. The molecule has 0 bridgehead atoms. The number of carbonyl (C=O) groups is 1. The van der Waals surface area contributed by atoms with Crippen molar-refractivity contribution in [3.63, 3.8) is 0 Å². The lowest BCUT2D eigenvalue weighted by Crippen LogP contribution is -3.17. The van der Waals surface area contributed by atoms with Crippen LogP contribution in [0, 0.1) is 0 Å². The van der Waals surface area contributed by atoms with Gasteiger partial charge in [0.2, 0.25) is 0 Å². The molecule has 0 saturated carbocycles. The van der Waals surface area contributed by atoms with Crippen molar-refractivity contribution >= 4 is 11.5 Å². The number of hydrogen-bond acceptors (Lipinski definition) is 1. The number of rotatable bonds is 3. The summed E-state index contributed by atoms with van der Waals surface area (Å²) in [4.78, 5) is 13.6. The SMILES string of the molecule is C[C@@H](C(=O)NC(C)(C)C)[NH+]1CC=C(c2ccccc2)CC1. The molecule has 0 fully saturated rings. The molecular weight excluding hydrogens is 260 g/mol. The van der Waals surface area contributed by atoms with Crippen LogP contribution in [0.4, 0.5) is 0 Å². The van der Waals surface area contributed by atoms with E-state index in [2.05, 4.69) is 35.7 Å². The van der Waals surface area contributed by atoms with Gasteiger partial charge in [0.25, 0.3) is 5.91 Å². The Balaban J connectivity index is 1.97. The van der Waals surface area contributed by atoms with Crippen LogP contribution in [-0.4, -0.2) is 30.6 Å². The molecule has 0 radical (unpaired) electrons. The maximum absolute atomic E-state index is 12.3. The van der Waals surface area contributed by atoms with E-state index in [9.17, 15) is 4.79 Å². The molecule has 1 amide bonds. The van der Waals surface area contributed by atoms with Crippen LogP contribution in [0.3, 0.4) is 0 Å². The van der Waals surface area contributed by atoms with Crippen molar-refractivity contribution < 1.29 is 9.69 Å². The molecule has 114 valence electrons. The minimum absolute atomic E-state index is 0.00204. The zero-order valence-corrected chi connectivity index (χ0v) is 13.6. The van der Waals surface area contributed by atoms with Crippen LogP contribution < -0.4 is 10.2 Å². The largest absolute Gasteiger partial charge is 0.346 e. The Labute approximate surface area is 128 Å². The third kappa shape index (κ3) is 4.43. The summed E-state index contributed by atoms with van der Waals surface area (Å²) in [6.45, 7) is 10.0. The van der Waals surface area contributed by atoms with Crippen LogP contribution >= 0.6 is 0 Å². The molecule has 1 heterocycles. The second kappa shape index (κ2) is 6.44. The summed E-state index contributed by atoms with van der Waals surface area (Å²) in [7, 11) is 0. The predicted octanol–water partition coefficient (Wildman–Crippen LogP) is 1.66. The Hall–Kier alpha value is -1.61. The van der Waals surface area contributed by atoms with Gasteiger partial charge in [-0.05, 0) is 44.9 Å². The van der Waals surface area contributed by atoms with Crippen molar-refractivity contribution in [1.82, 2.24) is 5.32 Å². The highest BCUT2D eigenvalue weighted by atomic mass is 16.2. The van der Waals surface area contributed by atoms with Gasteiger partial charge in [0.1, 0.15) is 0 Å². The molecule has 1 aromatic carbocycles. The molecule has 0 aliphatic carbocycles. The quantitative estimate of drug-likeness (QED) is 0.871. The van der Waals surface area contributed by atoms with E-state index in [0.717, 1.165) is 19.5 Å². The van der Waals surface area contributed by atoms with Crippen molar-refractivity contribution in [2.24, 2.45) is 0 Å². The standard InChI is InChI=1S/C18H26N2O/c1-14(17(21)19-18(2,3)4)20-12-10-16(11-13-20)15-8-6-5-7-9-15/h5-10,14H,11-13H2,1-4H3,(H,19,21)/p+1/t14-/m0/s1. The zero-order valence-electron chi connectivity index (χ0n) is 13.6. The molecule has 2 N–H and O–H groups in total. The van der Waals surface area contributed by atoms with E-state index in [-0.39, 0.29) is 17.5 Å². The van der Waals surface area contributed by atoms with Crippen molar-refractivity contribution in [1.29, 1.82) is 0 Å². The molecule has 0 saturated heterocycles. The summed E-state index contributed by atoms with van der Waals surface area (Å²) in [5.41, 5.74) is 2.55. The lowest BCUT2D eigenvalue weighted by Gasteiger charge is -2.30. The Morgan fingerprint density at radius 1 is 1.24 bits per heavy atom. The van der Waals surface area contributed by atoms with E-state index in [1.54, 1.807) is 0 Å². The Morgan fingerprint density at radius 2 is 1.90 bits per heavy atom. The molecule has 2 atom stereocenters. The molecule has 3 heteroatoms. The summed E-state index contributed by atoms with van der Waals surface area (Å²) in [6, 6.07) is 10.5. The fraction of sp³-hybridized carbons (Fsp3) is 0.500. The molecule has 1 aliphatic rings. The number of carbonyl (C=O) groups excluding carboxylic acids is 1. The van der Waals surface area contributed by atoms with E-state index in [1.807, 2.05) is 33.8 Å². The number of amides is 1. The molecule has 2 rings (SSSR count). The second-order valence-electron chi connectivity index (χ2n) is 6.92. The van der Waals surface area contributed by atoms with Crippen molar-refractivity contribution in [2.45, 2.75) is 45.7 Å². The molecule has 21 heavy (non-hydrogen) atoms. The van der Waals surface area contributed by atoms with Gasteiger partial charge < -0.3 is 10.2 Å². The summed E-state index contributed by atoms with van der Waals surface area (Å²) in [6.07, 6.45) is 3.32. The van der Waals surface area contributed by atoms with E-state index in [0.29, 0.717) is 0 Å². The van der Waals surface area contributed by atoms with Gasteiger partial charge in [-0.1, -0.05) is 30.3 Å². The minimum atomic E-state index is -0.161. The van der Waals surface area contributed by atoms with Gasteiger partial charge in [-0.25, -0.2) is 0 Å². The fourth-order valence-corrected chi connectivity index (χ4v) is 2.72. The zero-order chi connectivity index (χ0) is 15.5. The highest BCUT2D eigenvalue weighted by Crippen LogP contribution is 2.17. The average Bonchev–Trinajstić information content (AvgIpc) is 2.46. The van der Waals surface area contributed by atoms with Crippen LogP contribution in [0.5, 0.6) is 0 Å². The van der Waals surface area contributed by atoms with E-state index in [4.69, 9.17) is 0 Å². The lowest BCUT2D eigenvalue weighted by atomic mass is 9.98.